The highest BCUT2D eigenvalue weighted by Crippen LogP contribution is 2.22. The van der Waals surface area contributed by atoms with Gasteiger partial charge in [0.15, 0.2) is 0 Å². The van der Waals surface area contributed by atoms with Crippen molar-refractivity contribution in [2.45, 2.75) is 59.0 Å². The van der Waals surface area contributed by atoms with Crippen LogP contribution in [0, 0.1) is 5.41 Å². The molecule has 0 aliphatic carbocycles. The van der Waals surface area contributed by atoms with Crippen LogP contribution in [0.2, 0.25) is 0 Å². The first-order chi connectivity index (χ1) is 7.42. The van der Waals surface area contributed by atoms with Crippen molar-refractivity contribution in [1.82, 2.24) is 5.32 Å². The molecule has 0 radical (unpaired) electrons. The zero-order chi connectivity index (χ0) is 13.9. The van der Waals surface area contributed by atoms with Gasteiger partial charge in [0, 0.05) is 6.04 Å². The summed E-state index contributed by atoms with van der Waals surface area (Å²) in [6.07, 6.45) is 0.514. The third-order valence-corrected chi connectivity index (χ3v) is 2.20. The van der Waals surface area contributed by atoms with Crippen molar-refractivity contribution in [2.75, 3.05) is 0 Å². The molecule has 4 N–H and O–H groups in total. The van der Waals surface area contributed by atoms with Gasteiger partial charge in [0.2, 0.25) is 5.91 Å². The maximum atomic E-state index is 11.7. The Balaban J connectivity index is 4.60. The molecule has 0 fully saturated rings. The molecule has 0 spiro atoms. The molecule has 1 amide bonds. The molecule has 0 bridgehead atoms. The van der Waals surface area contributed by atoms with Gasteiger partial charge >= 0.3 is 5.97 Å². The molecule has 0 heterocycles. The van der Waals surface area contributed by atoms with Crippen molar-refractivity contribution in [1.29, 1.82) is 0 Å². The fourth-order valence-corrected chi connectivity index (χ4v) is 1.50. The van der Waals surface area contributed by atoms with Crippen LogP contribution in [-0.4, -0.2) is 28.6 Å². The monoisotopic (exact) mass is 244 g/mol. The minimum absolute atomic E-state index is 0.0495. The number of carbonyl (C=O) groups excluding carboxylic acids is 1. The number of amides is 1. The van der Waals surface area contributed by atoms with Crippen LogP contribution in [0.15, 0.2) is 0 Å². The van der Waals surface area contributed by atoms with Crippen LogP contribution in [0.3, 0.4) is 0 Å². The Morgan fingerprint density at radius 3 is 2.00 bits per heavy atom. The van der Waals surface area contributed by atoms with E-state index < -0.39 is 11.5 Å². The average molecular weight is 244 g/mol. The second-order valence-corrected chi connectivity index (χ2v) is 6.25. The number of carboxylic acid groups (broad SMARTS) is 1. The molecular formula is C12H24N2O3. The normalized spacial score (nSPS) is 14.2. The van der Waals surface area contributed by atoms with Gasteiger partial charge in [0.25, 0.3) is 0 Å². The Morgan fingerprint density at radius 2 is 1.71 bits per heavy atom. The molecule has 100 valence electrons. The molecule has 0 aromatic rings. The van der Waals surface area contributed by atoms with Crippen LogP contribution >= 0.6 is 0 Å². The van der Waals surface area contributed by atoms with E-state index in [9.17, 15) is 9.59 Å². The van der Waals surface area contributed by atoms with Gasteiger partial charge in [-0.25, -0.2) is 0 Å². The predicted molar refractivity (Wildman–Crippen MR) is 66.5 cm³/mol. The fourth-order valence-electron chi connectivity index (χ4n) is 1.50. The third-order valence-electron chi connectivity index (χ3n) is 2.20. The van der Waals surface area contributed by atoms with Gasteiger partial charge in [-0.05, 0) is 25.7 Å². The average Bonchev–Trinajstić information content (AvgIpc) is 1.96. The number of nitrogens with one attached hydrogen (secondary N) is 1. The van der Waals surface area contributed by atoms with Crippen molar-refractivity contribution in [3.8, 4) is 0 Å². The van der Waals surface area contributed by atoms with Crippen LogP contribution in [0.25, 0.3) is 0 Å². The highest BCUT2D eigenvalue weighted by molar-refractivity contribution is 5.85. The topological polar surface area (TPSA) is 92.4 Å². The van der Waals surface area contributed by atoms with Crippen LogP contribution in [0.5, 0.6) is 0 Å². The lowest BCUT2D eigenvalue weighted by atomic mass is 9.86. The van der Waals surface area contributed by atoms with E-state index in [0.29, 0.717) is 6.42 Å². The Hall–Kier alpha value is -1.10. The quantitative estimate of drug-likeness (QED) is 0.675. The summed E-state index contributed by atoms with van der Waals surface area (Å²) >= 11 is 0. The standard InChI is InChI=1S/C12H24N2O3/c1-11(2,3)7-8(6-9(15)16)14-10(17)12(4,5)13/h8H,6-7,13H2,1-5H3,(H,14,17)(H,15,16). The van der Waals surface area contributed by atoms with Gasteiger partial charge in [-0.2, -0.15) is 0 Å². The SMILES string of the molecule is CC(C)(C)CC(CC(=O)O)NC(=O)C(C)(C)N. The number of carboxylic acids is 1. The van der Waals surface area contributed by atoms with E-state index >= 15 is 0 Å². The number of carbonyl (C=O) groups is 2. The van der Waals surface area contributed by atoms with Gasteiger partial charge < -0.3 is 16.2 Å². The zero-order valence-corrected chi connectivity index (χ0v) is 11.3. The summed E-state index contributed by atoms with van der Waals surface area (Å²) in [5.41, 5.74) is 4.62. The van der Waals surface area contributed by atoms with E-state index in [1.54, 1.807) is 13.8 Å². The molecule has 0 rings (SSSR count). The largest absolute Gasteiger partial charge is 0.481 e. The van der Waals surface area contributed by atoms with E-state index in [2.05, 4.69) is 5.32 Å². The van der Waals surface area contributed by atoms with E-state index in [-0.39, 0.29) is 23.8 Å². The van der Waals surface area contributed by atoms with Gasteiger partial charge in [0.1, 0.15) is 0 Å². The first-order valence-corrected chi connectivity index (χ1v) is 5.73. The lowest BCUT2D eigenvalue weighted by Gasteiger charge is -2.28. The molecule has 0 aliphatic rings. The molecule has 5 heteroatoms. The summed E-state index contributed by atoms with van der Waals surface area (Å²) in [5, 5.41) is 11.5. The lowest BCUT2D eigenvalue weighted by molar-refractivity contribution is -0.138. The van der Waals surface area contributed by atoms with Gasteiger partial charge in [-0.15, -0.1) is 0 Å². The molecule has 17 heavy (non-hydrogen) atoms. The fraction of sp³-hybridized carbons (Fsp3) is 0.833. The first kappa shape index (κ1) is 15.9. The molecule has 0 saturated heterocycles. The number of nitrogens with two attached hydrogens (primary N) is 1. The molecule has 1 atom stereocenters. The van der Waals surface area contributed by atoms with Crippen molar-refractivity contribution in [2.24, 2.45) is 11.1 Å². The minimum atomic E-state index is -0.991. The van der Waals surface area contributed by atoms with Gasteiger partial charge in [0.05, 0.1) is 12.0 Å². The maximum absolute atomic E-state index is 11.7. The first-order valence-electron chi connectivity index (χ1n) is 5.73. The molecule has 0 saturated carbocycles. The molecule has 0 aromatic carbocycles. The van der Waals surface area contributed by atoms with Crippen molar-refractivity contribution in [3.63, 3.8) is 0 Å². The summed E-state index contributed by atoms with van der Waals surface area (Å²) in [6, 6.07) is -0.386. The summed E-state index contributed by atoms with van der Waals surface area (Å²) in [6.45, 7) is 9.19. The summed E-state index contributed by atoms with van der Waals surface area (Å²) in [7, 11) is 0. The molecule has 0 aromatic heterocycles. The van der Waals surface area contributed by atoms with Crippen LogP contribution in [0.4, 0.5) is 0 Å². The Morgan fingerprint density at radius 1 is 1.24 bits per heavy atom. The molecule has 1 unspecified atom stereocenters. The summed E-state index contributed by atoms with van der Waals surface area (Å²) in [5.74, 6) is -1.25. The Kier molecular flexibility index (Phi) is 5.13. The maximum Gasteiger partial charge on any atom is 0.305 e. The highest BCUT2D eigenvalue weighted by Gasteiger charge is 2.28. The van der Waals surface area contributed by atoms with Crippen LogP contribution in [0.1, 0.15) is 47.5 Å². The number of hydrogen-bond donors (Lipinski definition) is 3. The van der Waals surface area contributed by atoms with Crippen molar-refractivity contribution >= 4 is 11.9 Å². The highest BCUT2D eigenvalue weighted by atomic mass is 16.4. The zero-order valence-electron chi connectivity index (χ0n) is 11.3. The third kappa shape index (κ3) is 7.74. The predicted octanol–water partition coefficient (Wildman–Crippen LogP) is 1.12. The minimum Gasteiger partial charge on any atom is -0.481 e. The van der Waals surface area contributed by atoms with E-state index in [0.717, 1.165) is 0 Å². The van der Waals surface area contributed by atoms with E-state index in [1.807, 2.05) is 20.8 Å². The Labute approximate surface area is 103 Å². The number of rotatable bonds is 5. The van der Waals surface area contributed by atoms with Gasteiger partial charge in [-0.1, -0.05) is 20.8 Å². The molecule has 0 aliphatic heterocycles. The van der Waals surface area contributed by atoms with Gasteiger partial charge in [-0.3, -0.25) is 9.59 Å². The molecular weight excluding hydrogens is 220 g/mol. The summed E-state index contributed by atoms with van der Waals surface area (Å²) < 4.78 is 0. The smallest absolute Gasteiger partial charge is 0.305 e. The van der Waals surface area contributed by atoms with Crippen LogP contribution in [-0.2, 0) is 9.59 Å². The number of aliphatic carboxylic acids is 1. The number of hydrogen-bond acceptors (Lipinski definition) is 3. The van der Waals surface area contributed by atoms with E-state index in [4.69, 9.17) is 10.8 Å². The van der Waals surface area contributed by atoms with Crippen molar-refractivity contribution in [3.05, 3.63) is 0 Å². The lowest BCUT2D eigenvalue weighted by Crippen LogP contribution is -2.53. The summed E-state index contributed by atoms with van der Waals surface area (Å²) in [4.78, 5) is 22.5. The second-order valence-electron chi connectivity index (χ2n) is 6.25. The van der Waals surface area contributed by atoms with Crippen molar-refractivity contribution < 1.29 is 14.7 Å². The molecule has 5 nitrogen and oxygen atoms in total. The van der Waals surface area contributed by atoms with E-state index in [1.165, 1.54) is 0 Å². The second kappa shape index (κ2) is 5.49. The van der Waals surface area contributed by atoms with Crippen LogP contribution < -0.4 is 11.1 Å². The Bertz CT molecular complexity index is 287.